The highest BCUT2D eigenvalue weighted by Crippen LogP contribution is 2.22. The third-order valence-corrected chi connectivity index (χ3v) is 2.09. The van der Waals surface area contributed by atoms with Crippen molar-refractivity contribution in [2.45, 2.75) is 26.1 Å². The summed E-state index contributed by atoms with van der Waals surface area (Å²) in [7, 11) is 0. The van der Waals surface area contributed by atoms with Gasteiger partial charge in [0.1, 0.15) is 0 Å². The third-order valence-electron chi connectivity index (χ3n) is 2.09. The number of rotatable bonds is 4. The average molecular weight is 228 g/mol. The minimum absolute atomic E-state index is 0.140. The Morgan fingerprint density at radius 3 is 2.50 bits per heavy atom. The van der Waals surface area contributed by atoms with Crippen molar-refractivity contribution in [2.24, 2.45) is 0 Å². The highest BCUT2D eigenvalue weighted by atomic mass is 19.1. The molecule has 88 valence electrons. The first-order chi connectivity index (χ1) is 7.41. The normalized spacial score (nSPS) is 14.2. The fraction of sp³-hybridized carbons (Fsp3) is 0.364. The Morgan fingerprint density at radius 1 is 1.44 bits per heavy atom. The van der Waals surface area contributed by atoms with Gasteiger partial charge in [-0.15, -0.1) is 0 Å². The maximum atomic E-state index is 13.4. The zero-order valence-electron chi connectivity index (χ0n) is 8.98. The van der Waals surface area contributed by atoms with E-state index in [1.54, 1.807) is 0 Å². The van der Waals surface area contributed by atoms with Crippen LogP contribution in [-0.4, -0.2) is 22.3 Å². The Bertz CT molecular complexity index is 390. The first-order valence-electron chi connectivity index (χ1n) is 4.78. The molecule has 0 saturated heterocycles. The molecule has 0 amide bonds. The molecule has 1 unspecified atom stereocenters. The highest BCUT2D eigenvalue weighted by Gasteiger charge is 2.15. The zero-order valence-corrected chi connectivity index (χ0v) is 8.98. The summed E-state index contributed by atoms with van der Waals surface area (Å²) < 4.78 is 18.3. The van der Waals surface area contributed by atoms with Crippen LogP contribution in [0.15, 0.2) is 18.2 Å². The van der Waals surface area contributed by atoms with Crippen molar-refractivity contribution < 1.29 is 24.1 Å². The van der Waals surface area contributed by atoms with Crippen LogP contribution in [0.4, 0.5) is 4.39 Å². The van der Waals surface area contributed by atoms with Crippen LogP contribution in [0.5, 0.6) is 5.75 Å². The lowest BCUT2D eigenvalue weighted by molar-refractivity contribution is -0.144. The van der Waals surface area contributed by atoms with Gasteiger partial charge in [0.25, 0.3) is 0 Å². The quantitative estimate of drug-likeness (QED) is 0.823. The lowest BCUT2D eigenvalue weighted by atomic mass is 10.1. The molecule has 0 aliphatic heterocycles. The van der Waals surface area contributed by atoms with Gasteiger partial charge in [-0.3, -0.25) is 0 Å². The van der Waals surface area contributed by atoms with E-state index in [0.29, 0.717) is 5.56 Å². The molecule has 0 bridgehead atoms. The zero-order chi connectivity index (χ0) is 12.3. The van der Waals surface area contributed by atoms with Crippen molar-refractivity contribution in [1.82, 2.24) is 0 Å². The molecule has 0 aliphatic rings. The molecule has 2 atom stereocenters. The summed E-state index contributed by atoms with van der Waals surface area (Å²) in [5, 5.41) is 17.8. The number of benzene rings is 1. The summed E-state index contributed by atoms with van der Waals surface area (Å²) in [6.45, 7) is 2.82. The van der Waals surface area contributed by atoms with E-state index in [9.17, 15) is 14.3 Å². The van der Waals surface area contributed by atoms with Crippen LogP contribution < -0.4 is 4.74 Å². The third kappa shape index (κ3) is 2.93. The van der Waals surface area contributed by atoms with Gasteiger partial charge < -0.3 is 14.9 Å². The summed E-state index contributed by atoms with van der Waals surface area (Å²) in [5.74, 6) is -2.00. The van der Waals surface area contributed by atoms with Gasteiger partial charge in [0.15, 0.2) is 17.7 Å². The largest absolute Gasteiger partial charge is 0.479 e. The molecule has 0 fully saturated rings. The van der Waals surface area contributed by atoms with E-state index in [1.165, 1.54) is 26.0 Å². The van der Waals surface area contributed by atoms with Gasteiger partial charge in [-0.05, 0) is 31.5 Å². The molecule has 1 aromatic carbocycles. The molecule has 0 saturated carbocycles. The summed E-state index contributed by atoms with van der Waals surface area (Å²) in [6.07, 6.45) is -1.90. The molecule has 0 radical (unpaired) electrons. The number of carboxylic acids is 1. The molecule has 0 spiro atoms. The van der Waals surface area contributed by atoms with Gasteiger partial charge in [-0.25, -0.2) is 9.18 Å². The number of carboxylic acid groups (broad SMARTS) is 1. The van der Waals surface area contributed by atoms with Crippen molar-refractivity contribution in [2.75, 3.05) is 0 Å². The van der Waals surface area contributed by atoms with Crippen LogP contribution >= 0.6 is 0 Å². The Labute approximate surface area is 92.3 Å². The molecule has 5 heteroatoms. The lowest BCUT2D eigenvalue weighted by Crippen LogP contribution is -2.23. The van der Waals surface area contributed by atoms with E-state index in [0.717, 1.165) is 6.07 Å². The highest BCUT2D eigenvalue weighted by molar-refractivity contribution is 5.72. The molecular formula is C11H13FO4. The number of aliphatic hydroxyl groups excluding tert-OH is 1. The van der Waals surface area contributed by atoms with Crippen molar-refractivity contribution in [3.63, 3.8) is 0 Å². The van der Waals surface area contributed by atoms with Crippen LogP contribution in [0, 0.1) is 5.82 Å². The average Bonchev–Trinajstić information content (AvgIpc) is 2.20. The van der Waals surface area contributed by atoms with Crippen molar-refractivity contribution in [3.8, 4) is 5.75 Å². The summed E-state index contributed by atoms with van der Waals surface area (Å²) in [4.78, 5) is 10.5. The second-order valence-corrected chi connectivity index (χ2v) is 3.46. The maximum Gasteiger partial charge on any atom is 0.344 e. The Balaban J connectivity index is 2.87. The maximum absolute atomic E-state index is 13.4. The molecule has 1 rings (SSSR count). The molecule has 2 N–H and O–H groups in total. The van der Waals surface area contributed by atoms with Crippen LogP contribution in [0.25, 0.3) is 0 Å². The first kappa shape index (κ1) is 12.4. The molecule has 1 aromatic rings. The fourth-order valence-corrected chi connectivity index (χ4v) is 1.11. The minimum Gasteiger partial charge on any atom is -0.479 e. The van der Waals surface area contributed by atoms with Gasteiger partial charge >= 0.3 is 5.97 Å². The molecule has 4 nitrogen and oxygen atoms in total. The van der Waals surface area contributed by atoms with Crippen LogP contribution in [0.1, 0.15) is 25.5 Å². The predicted octanol–water partition coefficient (Wildman–Crippen LogP) is 1.73. The number of ether oxygens (including phenoxy) is 1. The summed E-state index contributed by atoms with van der Waals surface area (Å²) in [5.41, 5.74) is 0.410. The first-order valence-corrected chi connectivity index (χ1v) is 4.78. The Hall–Kier alpha value is -1.62. The van der Waals surface area contributed by atoms with E-state index < -0.39 is 24.0 Å². The molecule has 0 heterocycles. The number of aliphatic hydroxyl groups is 1. The number of carbonyl (C=O) groups is 1. The fourth-order valence-electron chi connectivity index (χ4n) is 1.11. The number of hydrogen-bond donors (Lipinski definition) is 2. The Kier molecular flexibility index (Phi) is 3.84. The second-order valence-electron chi connectivity index (χ2n) is 3.46. The van der Waals surface area contributed by atoms with Gasteiger partial charge in [0.05, 0.1) is 6.10 Å². The van der Waals surface area contributed by atoms with E-state index >= 15 is 0 Å². The van der Waals surface area contributed by atoms with Gasteiger partial charge in [0.2, 0.25) is 0 Å². The number of hydrogen-bond acceptors (Lipinski definition) is 3. The van der Waals surface area contributed by atoms with Crippen LogP contribution in [0.3, 0.4) is 0 Å². The van der Waals surface area contributed by atoms with E-state index in [2.05, 4.69) is 0 Å². The molecule has 0 aromatic heterocycles. The van der Waals surface area contributed by atoms with Crippen molar-refractivity contribution in [1.29, 1.82) is 0 Å². The standard InChI is InChI=1S/C11H13FO4/c1-6(13)8-3-4-10(9(12)5-8)16-7(2)11(14)15/h3-7,13H,1-2H3,(H,14,15)/t6-,7?/m0/s1. The SMILES string of the molecule is CC(Oc1ccc([C@H](C)O)cc1F)C(=O)O. The van der Waals surface area contributed by atoms with E-state index in [4.69, 9.17) is 9.84 Å². The van der Waals surface area contributed by atoms with Crippen molar-refractivity contribution in [3.05, 3.63) is 29.6 Å². The minimum atomic E-state index is -1.17. The van der Waals surface area contributed by atoms with Gasteiger partial charge in [-0.2, -0.15) is 0 Å². The lowest BCUT2D eigenvalue weighted by Gasteiger charge is -2.12. The smallest absolute Gasteiger partial charge is 0.344 e. The second kappa shape index (κ2) is 4.94. The number of aliphatic carboxylic acids is 1. The monoisotopic (exact) mass is 228 g/mol. The summed E-state index contributed by atoms with van der Waals surface area (Å²) >= 11 is 0. The molecule has 16 heavy (non-hydrogen) atoms. The van der Waals surface area contributed by atoms with Gasteiger partial charge in [0, 0.05) is 0 Å². The topological polar surface area (TPSA) is 66.8 Å². The van der Waals surface area contributed by atoms with Crippen LogP contribution in [-0.2, 0) is 4.79 Å². The van der Waals surface area contributed by atoms with E-state index in [1.807, 2.05) is 0 Å². The Morgan fingerprint density at radius 2 is 2.06 bits per heavy atom. The van der Waals surface area contributed by atoms with E-state index in [-0.39, 0.29) is 5.75 Å². The van der Waals surface area contributed by atoms with Gasteiger partial charge in [-0.1, -0.05) is 6.07 Å². The molecular weight excluding hydrogens is 215 g/mol. The van der Waals surface area contributed by atoms with Crippen LogP contribution in [0.2, 0.25) is 0 Å². The molecule has 0 aliphatic carbocycles. The summed E-state index contributed by atoms with van der Waals surface area (Å²) in [6, 6.07) is 3.91. The van der Waals surface area contributed by atoms with Crippen molar-refractivity contribution >= 4 is 5.97 Å². The predicted molar refractivity (Wildman–Crippen MR) is 54.8 cm³/mol. The number of halogens is 1.